The molecule has 0 saturated carbocycles. The van der Waals surface area contributed by atoms with Gasteiger partial charge in [0, 0.05) is 12.3 Å². The molecule has 2 nitrogen and oxygen atoms in total. The van der Waals surface area contributed by atoms with Crippen LogP contribution in [0.3, 0.4) is 0 Å². The molecule has 0 fully saturated rings. The normalized spacial score (nSPS) is 15.0. The monoisotopic (exact) mass is 412 g/mol. The summed E-state index contributed by atoms with van der Waals surface area (Å²) >= 11 is 0. The summed E-state index contributed by atoms with van der Waals surface area (Å²) in [7, 11) is 0. The molecule has 0 spiro atoms. The first-order chi connectivity index (χ1) is 15.1. The smallest absolute Gasteiger partial charge is 0.305 e. The molecule has 2 aliphatic rings. The van der Waals surface area contributed by atoms with Gasteiger partial charge in [0.1, 0.15) is 6.61 Å². The van der Waals surface area contributed by atoms with Crippen LogP contribution in [0.4, 0.5) is 0 Å². The number of hydrogen-bond donors (Lipinski definition) is 0. The Morgan fingerprint density at radius 3 is 2.26 bits per heavy atom. The fourth-order valence-corrected chi connectivity index (χ4v) is 4.63. The molecule has 0 radical (unpaired) electrons. The number of benzene rings is 2. The van der Waals surface area contributed by atoms with Crippen molar-refractivity contribution < 1.29 is 9.53 Å². The van der Waals surface area contributed by atoms with Crippen molar-refractivity contribution in [1.82, 2.24) is 0 Å². The van der Waals surface area contributed by atoms with Crippen molar-refractivity contribution in [1.29, 1.82) is 0 Å². The number of allylic oxidation sites excluding steroid dienone is 5. The number of hydrogen-bond acceptors (Lipinski definition) is 2. The van der Waals surface area contributed by atoms with Crippen LogP contribution < -0.4 is 0 Å². The van der Waals surface area contributed by atoms with Gasteiger partial charge in [0.25, 0.3) is 0 Å². The van der Waals surface area contributed by atoms with Crippen LogP contribution in [0.25, 0.3) is 11.1 Å². The first-order valence-corrected chi connectivity index (χ1v) is 11.5. The largest absolute Gasteiger partial charge is 0.465 e. The average Bonchev–Trinajstić information content (AvgIpc) is 3.11. The standard InChI is InChI=1S/C29H32O2/c1-21(14-17-23-18-15-22(2)16-19-23)8-7-13-29(30)31-20-28-26-11-5-3-9-24(26)25-10-4-6-12-27(25)28/h3-6,9-12,15,18,28H,1,7-8,13-14,16-17,19-20H2,2H3. The number of fused-ring (bicyclic) bond motifs is 3. The van der Waals surface area contributed by atoms with Crippen LogP contribution in [0, 0.1) is 0 Å². The Morgan fingerprint density at radius 1 is 0.935 bits per heavy atom. The Hall–Kier alpha value is -2.87. The summed E-state index contributed by atoms with van der Waals surface area (Å²) in [4.78, 5) is 12.4. The minimum atomic E-state index is -0.106. The van der Waals surface area contributed by atoms with Crippen LogP contribution in [-0.4, -0.2) is 12.6 Å². The zero-order valence-electron chi connectivity index (χ0n) is 18.5. The third-order valence-electron chi connectivity index (χ3n) is 6.53. The van der Waals surface area contributed by atoms with Crippen molar-refractivity contribution >= 4 is 5.97 Å². The summed E-state index contributed by atoms with van der Waals surface area (Å²) in [6.45, 7) is 6.82. The molecule has 0 unspecified atom stereocenters. The van der Waals surface area contributed by atoms with E-state index in [0.717, 1.165) is 25.7 Å². The summed E-state index contributed by atoms with van der Waals surface area (Å²) in [6.07, 6.45) is 11.1. The lowest BCUT2D eigenvalue weighted by atomic mass is 9.94. The van der Waals surface area contributed by atoms with E-state index in [1.807, 2.05) is 0 Å². The number of carbonyl (C=O) groups is 1. The Bertz CT molecular complexity index is 979. The highest BCUT2D eigenvalue weighted by Crippen LogP contribution is 2.44. The highest BCUT2D eigenvalue weighted by molar-refractivity contribution is 5.79. The first-order valence-electron chi connectivity index (χ1n) is 11.5. The van der Waals surface area contributed by atoms with Gasteiger partial charge in [-0.2, -0.15) is 0 Å². The van der Waals surface area contributed by atoms with E-state index in [9.17, 15) is 4.79 Å². The second-order valence-corrected chi connectivity index (χ2v) is 8.85. The first kappa shape index (κ1) is 21.4. The Morgan fingerprint density at radius 2 is 1.61 bits per heavy atom. The lowest BCUT2D eigenvalue weighted by Crippen LogP contribution is -2.12. The molecule has 4 rings (SSSR count). The van der Waals surface area contributed by atoms with Gasteiger partial charge in [-0.05, 0) is 67.7 Å². The van der Waals surface area contributed by atoms with Gasteiger partial charge in [-0.1, -0.05) is 84.0 Å². The van der Waals surface area contributed by atoms with E-state index >= 15 is 0 Å². The lowest BCUT2D eigenvalue weighted by Gasteiger charge is -2.14. The van der Waals surface area contributed by atoms with Crippen molar-refractivity contribution in [2.45, 2.75) is 57.8 Å². The Labute approximate surface area is 186 Å². The van der Waals surface area contributed by atoms with Crippen LogP contribution in [0.1, 0.15) is 68.9 Å². The molecule has 0 bridgehead atoms. The molecule has 160 valence electrons. The minimum Gasteiger partial charge on any atom is -0.465 e. The van der Waals surface area contributed by atoms with Crippen molar-refractivity contribution in [2.24, 2.45) is 0 Å². The van der Waals surface area contributed by atoms with Gasteiger partial charge in [0.15, 0.2) is 0 Å². The highest BCUT2D eigenvalue weighted by atomic mass is 16.5. The van der Waals surface area contributed by atoms with E-state index in [1.54, 1.807) is 0 Å². The molecule has 0 saturated heterocycles. The maximum atomic E-state index is 12.4. The summed E-state index contributed by atoms with van der Waals surface area (Å²) in [5.74, 6) is 0.0260. The van der Waals surface area contributed by atoms with Crippen LogP contribution in [0.15, 0.2) is 84.0 Å². The third-order valence-corrected chi connectivity index (χ3v) is 6.53. The zero-order chi connectivity index (χ0) is 21.6. The minimum absolute atomic E-state index is 0.106. The molecule has 2 aliphatic carbocycles. The number of esters is 1. The average molecular weight is 413 g/mol. The molecular formula is C29H32O2. The molecule has 2 heteroatoms. The second-order valence-electron chi connectivity index (χ2n) is 8.85. The maximum Gasteiger partial charge on any atom is 0.305 e. The molecule has 0 heterocycles. The van der Waals surface area contributed by atoms with Gasteiger partial charge in [-0.25, -0.2) is 0 Å². The van der Waals surface area contributed by atoms with Gasteiger partial charge in [0.2, 0.25) is 0 Å². The SMILES string of the molecule is C=C(CCCC(=O)OCC1c2ccccc2-c2ccccc21)CCC1=CC=C(C)CC1. The summed E-state index contributed by atoms with van der Waals surface area (Å²) in [5, 5.41) is 0. The summed E-state index contributed by atoms with van der Waals surface area (Å²) < 4.78 is 5.70. The van der Waals surface area contributed by atoms with E-state index in [2.05, 4.69) is 74.2 Å². The van der Waals surface area contributed by atoms with E-state index in [4.69, 9.17) is 4.74 Å². The van der Waals surface area contributed by atoms with Crippen molar-refractivity contribution in [2.75, 3.05) is 6.61 Å². The molecule has 0 amide bonds. The topological polar surface area (TPSA) is 26.3 Å². The Balaban J connectivity index is 1.21. The molecule has 31 heavy (non-hydrogen) atoms. The van der Waals surface area contributed by atoms with Crippen LogP contribution in [-0.2, 0) is 9.53 Å². The highest BCUT2D eigenvalue weighted by Gasteiger charge is 2.28. The van der Waals surface area contributed by atoms with Crippen molar-refractivity contribution in [3.8, 4) is 11.1 Å². The predicted molar refractivity (Wildman–Crippen MR) is 128 cm³/mol. The molecule has 0 aliphatic heterocycles. The number of rotatable bonds is 9. The summed E-state index contributed by atoms with van der Waals surface area (Å²) in [5.41, 5.74) is 9.25. The third kappa shape index (κ3) is 5.25. The zero-order valence-corrected chi connectivity index (χ0v) is 18.5. The van der Waals surface area contributed by atoms with E-state index < -0.39 is 0 Å². The van der Waals surface area contributed by atoms with E-state index in [-0.39, 0.29) is 11.9 Å². The molecule has 0 N–H and O–H groups in total. The van der Waals surface area contributed by atoms with Crippen LogP contribution >= 0.6 is 0 Å². The number of ether oxygens (including phenoxy) is 1. The molecular weight excluding hydrogens is 380 g/mol. The van der Waals surface area contributed by atoms with Crippen LogP contribution in [0.2, 0.25) is 0 Å². The summed E-state index contributed by atoms with van der Waals surface area (Å²) in [6, 6.07) is 16.9. The Kier molecular flexibility index (Phi) is 6.86. The predicted octanol–water partition coefficient (Wildman–Crippen LogP) is 7.52. The molecule has 0 aromatic heterocycles. The van der Waals surface area contributed by atoms with Crippen molar-refractivity contribution in [3.05, 3.63) is 95.1 Å². The lowest BCUT2D eigenvalue weighted by molar-refractivity contribution is -0.144. The van der Waals surface area contributed by atoms with E-state index in [0.29, 0.717) is 13.0 Å². The quantitative estimate of drug-likeness (QED) is 0.314. The molecule has 2 aromatic rings. The van der Waals surface area contributed by atoms with Gasteiger partial charge in [-0.15, -0.1) is 0 Å². The van der Waals surface area contributed by atoms with E-state index in [1.165, 1.54) is 51.8 Å². The van der Waals surface area contributed by atoms with Crippen molar-refractivity contribution in [3.63, 3.8) is 0 Å². The van der Waals surface area contributed by atoms with Gasteiger partial charge < -0.3 is 4.74 Å². The maximum absolute atomic E-state index is 12.4. The van der Waals surface area contributed by atoms with Crippen LogP contribution in [0.5, 0.6) is 0 Å². The van der Waals surface area contributed by atoms with Gasteiger partial charge in [-0.3, -0.25) is 4.79 Å². The molecule has 0 atom stereocenters. The second kappa shape index (κ2) is 9.96. The van der Waals surface area contributed by atoms with Gasteiger partial charge >= 0.3 is 5.97 Å². The van der Waals surface area contributed by atoms with Gasteiger partial charge in [0.05, 0.1) is 0 Å². The fourth-order valence-electron chi connectivity index (χ4n) is 4.63. The number of carbonyl (C=O) groups excluding carboxylic acids is 1. The molecule has 2 aromatic carbocycles. The fraction of sp³-hybridized carbons (Fsp3) is 0.345.